The van der Waals surface area contributed by atoms with E-state index in [2.05, 4.69) is 4.98 Å². The highest BCUT2D eigenvalue weighted by atomic mass is 35.5. The molecule has 0 aliphatic carbocycles. The lowest BCUT2D eigenvalue weighted by Crippen LogP contribution is -2.40. The Morgan fingerprint density at radius 3 is 2.48 bits per heavy atom. The largest absolute Gasteiger partial charge is 0.332 e. The van der Waals surface area contributed by atoms with Gasteiger partial charge in [0.2, 0.25) is 0 Å². The van der Waals surface area contributed by atoms with E-state index in [4.69, 9.17) is 11.6 Å². The number of benzene rings is 1. The fraction of sp³-hybridized carbons (Fsp3) is 0.167. The summed E-state index contributed by atoms with van der Waals surface area (Å²) in [5.41, 5.74) is 1.54. The van der Waals surface area contributed by atoms with Crippen molar-refractivity contribution >= 4 is 38.8 Å². The first-order valence-corrected chi connectivity index (χ1v) is 11.5. The lowest BCUT2D eigenvalue weighted by molar-refractivity contribution is 0.632. The zero-order chi connectivity index (χ0) is 23.3. The second-order valence-corrected chi connectivity index (χ2v) is 9.51. The van der Waals surface area contributed by atoms with Crippen LogP contribution in [0.5, 0.6) is 0 Å². The van der Waals surface area contributed by atoms with Crippen LogP contribution in [-0.2, 0) is 13.1 Å². The smallest absolute Gasteiger partial charge is 0.278 e. The summed E-state index contributed by atoms with van der Waals surface area (Å²) in [6.07, 6.45) is 1.51. The maximum absolute atomic E-state index is 13.5. The fourth-order valence-electron chi connectivity index (χ4n) is 3.92. The van der Waals surface area contributed by atoms with E-state index in [1.54, 1.807) is 16.7 Å². The fourth-order valence-corrected chi connectivity index (χ4v) is 5.22. The molecule has 0 aliphatic heterocycles. The average Bonchev–Trinajstić information content (AvgIpc) is 3.10. The highest BCUT2D eigenvalue weighted by molar-refractivity contribution is 7.18. The number of aromatic nitrogens is 4. The van der Waals surface area contributed by atoms with E-state index < -0.39 is 5.69 Å². The zero-order valence-corrected chi connectivity index (χ0v) is 19.5. The minimum absolute atomic E-state index is 0.0676. The van der Waals surface area contributed by atoms with Crippen LogP contribution in [0, 0.1) is 13.8 Å². The normalized spacial score (nSPS) is 11.5. The Morgan fingerprint density at radius 1 is 0.970 bits per heavy atom. The van der Waals surface area contributed by atoms with E-state index in [-0.39, 0.29) is 24.2 Å². The summed E-state index contributed by atoms with van der Waals surface area (Å²) in [6, 6.07) is 14.1. The molecule has 0 radical (unpaired) electrons. The predicted molar refractivity (Wildman–Crippen MR) is 131 cm³/mol. The number of pyridine rings is 1. The highest BCUT2D eigenvalue weighted by Gasteiger charge is 2.19. The summed E-state index contributed by atoms with van der Waals surface area (Å²) in [5, 5.41) is 0.951. The maximum atomic E-state index is 13.5. The molecule has 33 heavy (non-hydrogen) atoms. The molecule has 4 heterocycles. The third-order valence-corrected chi connectivity index (χ3v) is 7.17. The molecule has 9 heteroatoms. The summed E-state index contributed by atoms with van der Waals surface area (Å²) >= 11 is 7.40. The molecule has 0 saturated heterocycles. The van der Waals surface area contributed by atoms with Crippen LogP contribution < -0.4 is 16.8 Å². The first kappa shape index (κ1) is 21.4. The maximum Gasteiger partial charge on any atom is 0.332 e. The Labute approximate surface area is 196 Å². The number of thiophene rings is 1. The molecule has 5 aromatic rings. The molecule has 166 valence electrons. The molecule has 0 N–H and O–H groups in total. The molecule has 7 nitrogen and oxygen atoms in total. The molecule has 0 bridgehead atoms. The number of nitrogens with zero attached hydrogens (tertiary/aromatic N) is 4. The molecule has 0 atom stereocenters. The minimum Gasteiger partial charge on any atom is -0.278 e. The third kappa shape index (κ3) is 3.71. The molecule has 1 aromatic carbocycles. The van der Waals surface area contributed by atoms with E-state index in [0.717, 1.165) is 16.0 Å². The number of fused-ring (bicyclic) bond motifs is 2. The number of rotatable bonds is 4. The lowest BCUT2D eigenvalue weighted by atomic mass is 10.2. The third-order valence-electron chi connectivity index (χ3n) is 5.71. The van der Waals surface area contributed by atoms with Gasteiger partial charge in [-0.3, -0.25) is 23.1 Å². The van der Waals surface area contributed by atoms with Gasteiger partial charge in [-0.2, -0.15) is 0 Å². The highest BCUT2D eigenvalue weighted by Crippen LogP contribution is 2.27. The van der Waals surface area contributed by atoms with Crippen molar-refractivity contribution in [3.8, 4) is 0 Å². The lowest BCUT2D eigenvalue weighted by Gasteiger charge is -2.13. The van der Waals surface area contributed by atoms with Crippen LogP contribution in [0.15, 0.2) is 69.1 Å². The van der Waals surface area contributed by atoms with Crippen molar-refractivity contribution in [1.82, 2.24) is 18.5 Å². The van der Waals surface area contributed by atoms with Crippen LogP contribution in [0.1, 0.15) is 21.7 Å². The Morgan fingerprint density at radius 2 is 1.73 bits per heavy atom. The quantitative estimate of drug-likeness (QED) is 0.395. The van der Waals surface area contributed by atoms with Crippen LogP contribution in [0.4, 0.5) is 0 Å². The van der Waals surface area contributed by atoms with Gasteiger partial charge in [-0.15, -0.1) is 11.3 Å². The Hall–Kier alpha value is -3.49. The van der Waals surface area contributed by atoms with Crippen molar-refractivity contribution in [2.75, 3.05) is 0 Å². The molecule has 0 unspecified atom stereocenters. The number of halogens is 1. The molecule has 0 aliphatic rings. The van der Waals surface area contributed by atoms with Gasteiger partial charge in [0, 0.05) is 17.1 Å². The molecule has 0 fully saturated rings. The monoisotopic (exact) mass is 478 g/mol. The van der Waals surface area contributed by atoms with E-state index in [1.807, 2.05) is 44.2 Å². The number of aryl methyl sites for hydroxylation is 2. The van der Waals surface area contributed by atoms with Crippen LogP contribution in [0.2, 0.25) is 5.02 Å². The minimum atomic E-state index is -0.435. The molecule has 0 amide bonds. The van der Waals surface area contributed by atoms with E-state index in [0.29, 0.717) is 26.6 Å². The summed E-state index contributed by atoms with van der Waals surface area (Å²) < 4.78 is 4.16. The molecular weight excluding hydrogens is 460 g/mol. The van der Waals surface area contributed by atoms with Crippen molar-refractivity contribution in [3.05, 3.63) is 113 Å². The van der Waals surface area contributed by atoms with E-state index in [9.17, 15) is 14.4 Å². The van der Waals surface area contributed by atoms with Gasteiger partial charge in [0.1, 0.15) is 10.5 Å². The Balaban J connectivity index is 1.72. The summed E-state index contributed by atoms with van der Waals surface area (Å²) in [6.45, 7) is 4.05. The first-order valence-electron chi connectivity index (χ1n) is 10.3. The van der Waals surface area contributed by atoms with Gasteiger partial charge >= 0.3 is 5.69 Å². The molecular formula is C24H19ClN4O3S. The Kier molecular flexibility index (Phi) is 5.26. The van der Waals surface area contributed by atoms with Gasteiger partial charge in [-0.1, -0.05) is 41.9 Å². The van der Waals surface area contributed by atoms with Gasteiger partial charge in [0.05, 0.1) is 29.2 Å². The number of hydrogen-bond donors (Lipinski definition) is 0. The average molecular weight is 479 g/mol. The topological polar surface area (TPSA) is 78.4 Å². The van der Waals surface area contributed by atoms with Crippen molar-refractivity contribution in [1.29, 1.82) is 0 Å². The molecule has 4 aromatic heterocycles. The second-order valence-electron chi connectivity index (χ2n) is 7.87. The molecule has 5 rings (SSSR count). The van der Waals surface area contributed by atoms with E-state index >= 15 is 0 Å². The number of hydrogen-bond acceptors (Lipinski definition) is 5. The van der Waals surface area contributed by atoms with Crippen LogP contribution in [0.25, 0.3) is 15.9 Å². The van der Waals surface area contributed by atoms with Gasteiger partial charge in [0.25, 0.3) is 11.1 Å². The standard InChI is InChI=1S/C24H19ClN4O3S/c1-14-15(2)33-23-21(14)22(31)28(11-16-6-4-3-5-7-16)24(32)29(23)13-18-10-20(30)27-12-17(25)8-9-19(27)26-18/h3-10,12H,11,13H2,1-2H3. The summed E-state index contributed by atoms with van der Waals surface area (Å²) in [4.78, 5) is 45.6. The first-order chi connectivity index (χ1) is 15.8. The second kappa shape index (κ2) is 8.13. The zero-order valence-electron chi connectivity index (χ0n) is 17.9. The van der Waals surface area contributed by atoms with Crippen LogP contribution in [-0.4, -0.2) is 18.5 Å². The van der Waals surface area contributed by atoms with Crippen molar-refractivity contribution in [3.63, 3.8) is 0 Å². The molecule has 0 spiro atoms. The van der Waals surface area contributed by atoms with Crippen molar-refractivity contribution in [2.24, 2.45) is 0 Å². The predicted octanol–water partition coefficient (Wildman–Crippen LogP) is 3.60. The van der Waals surface area contributed by atoms with Gasteiger partial charge in [-0.25, -0.2) is 9.78 Å². The SMILES string of the molecule is Cc1sc2c(c1C)c(=O)n(Cc1ccccc1)c(=O)n2Cc1cc(=O)n2cc(Cl)ccc2n1. The molecule has 0 saturated carbocycles. The van der Waals surface area contributed by atoms with Crippen molar-refractivity contribution in [2.45, 2.75) is 26.9 Å². The summed E-state index contributed by atoms with van der Waals surface area (Å²) in [7, 11) is 0. The van der Waals surface area contributed by atoms with Gasteiger partial charge in [0.15, 0.2) is 0 Å². The van der Waals surface area contributed by atoms with Crippen LogP contribution >= 0.6 is 22.9 Å². The van der Waals surface area contributed by atoms with Gasteiger partial charge in [-0.05, 0) is 37.1 Å². The van der Waals surface area contributed by atoms with E-state index in [1.165, 1.54) is 32.6 Å². The van der Waals surface area contributed by atoms with Crippen molar-refractivity contribution < 1.29 is 0 Å². The Bertz CT molecular complexity index is 1710. The van der Waals surface area contributed by atoms with Crippen LogP contribution in [0.3, 0.4) is 0 Å². The van der Waals surface area contributed by atoms with Gasteiger partial charge < -0.3 is 0 Å². The summed E-state index contributed by atoms with van der Waals surface area (Å²) in [5.74, 6) is 0.